The minimum atomic E-state index is -0.950. The Morgan fingerprint density at radius 3 is 2.22 bits per heavy atom. The first-order chi connectivity index (χ1) is 18.0. The van der Waals surface area contributed by atoms with E-state index in [4.69, 9.17) is 19.1 Å². The standard InChI is InChI=1S/C30H38N2O5/c1-22-20-32(21-23(2)36-22)17-7-5-3-4-6-8-18-35-27-15-13-25(14-16-27)29-19-28(31-37-29)24-9-11-26(12-10-24)30(33)34/h9-16,19,22-23H,3-8,17-18,20-21H2,1-2H3,(H,33,34)/t22-,23+. The Morgan fingerprint density at radius 1 is 0.919 bits per heavy atom. The van der Waals surface area contributed by atoms with Crippen LogP contribution in [-0.4, -0.2) is 59.6 Å². The zero-order valence-electron chi connectivity index (χ0n) is 21.9. The van der Waals surface area contributed by atoms with E-state index in [1.807, 2.05) is 30.3 Å². The number of aromatic nitrogens is 1. The number of morpholine rings is 1. The zero-order valence-corrected chi connectivity index (χ0v) is 21.9. The summed E-state index contributed by atoms with van der Waals surface area (Å²) < 4.78 is 17.2. The highest BCUT2D eigenvalue weighted by atomic mass is 16.5. The van der Waals surface area contributed by atoms with E-state index in [9.17, 15) is 4.79 Å². The maximum atomic E-state index is 11.0. The van der Waals surface area contributed by atoms with E-state index in [-0.39, 0.29) is 5.56 Å². The molecule has 0 spiro atoms. The molecule has 1 aliphatic heterocycles. The average Bonchev–Trinajstić information content (AvgIpc) is 3.38. The molecule has 1 aliphatic rings. The van der Waals surface area contributed by atoms with Gasteiger partial charge in [-0.2, -0.15) is 0 Å². The third kappa shape index (κ3) is 8.17. The summed E-state index contributed by atoms with van der Waals surface area (Å²) in [6.07, 6.45) is 8.06. The van der Waals surface area contributed by atoms with Crippen molar-refractivity contribution in [2.24, 2.45) is 0 Å². The molecule has 1 aromatic heterocycles. The number of unbranched alkanes of at least 4 members (excludes halogenated alkanes) is 5. The van der Waals surface area contributed by atoms with Gasteiger partial charge in [0.2, 0.25) is 0 Å². The number of carboxylic acids is 1. The molecule has 2 atom stereocenters. The van der Waals surface area contributed by atoms with E-state index in [0.29, 0.717) is 23.7 Å². The van der Waals surface area contributed by atoms with Crippen LogP contribution in [0.15, 0.2) is 59.1 Å². The fourth-order valence-electron chi connectivity index (χ4n) is 4.85. The van der Waals surface area contributed by atoms with Gasteiger partial charge in [0.05, 0.1) is 24.4 Å². The molecule has 7 nitrogen and oxygen atoms in total. The van der Waals surface area contributed by atoms with Gasteiger partial charge in [0, 0.05) is 30.3 Å². The van der Waals surface area contributed by atoms with Gasteiger partial charge in [0.15, 0.2) is 5.76 Å². The average molecular weight is 507 g/mol. The molecule has 1 saturated heterocycles. The number of benzene rings is 2. The number of hydrogen-bond acceptors (Lipinski definition) is 6. The van der Waals surface area contributed by atoms with Crippen LogP contribution in [0.2, 0.25) is 0 Å². The Labute approximate surface area is 219 Å². The molecular weight excluding hydrogens is 468 g/mol. The van der Waals surface area contributed by atoms with E-state index in [2.05, 4.69) is 23.9 Å². The number of hydrogen-bond donors (Lipinski definition) is 1. The van der Waals surface area contributed by atoms with Crippen molar-refractivity contribution in [2.75, 3.05) is 26.2 Å². The Morgan fingerprint density at radius 2 is 1.54 bits per heavy atom. The largest absolute Gasteiger partial charge is 0.494 e. The molecule has 37 heavy (non-hydrogen) atoms. The van der Waals surface area contributed by atoms with Gasteiger partial charge < -0.3 is 19.1 Å². The van der Waals surface area contributed by atoms with E-state index >= 15 is 0 Å². The van der Waals surface area contributed by atoms with Gasteiger partial charge in [0.1, 0.15) is 11.4 Å². The number of carboxylic acid groups (broad SMARTS) is 1. The summed E-state index contributed by atoms with van der Waals surface area (Å²) in [4.78, 5) is 13.6. The lowest BCUT2D eigenvalue weighted by atomic mass is 10.1. The van der Waals surface area contributed by atoms with Gasteiger partial charge in [-0.3, -0.25) is 4.90 Å². The summed E-state index contributed by atoms with van der Waals surface area (Å²) in [6, 6.07) is 16.3. The van der Waals surface area contributed by atoms with Gasteiger partial charge in [-0.05, 0) is 69.6 Å². The number of nitrogens with zero attached hydrogens (tertiary/aromatic N) is 2. The van der Waals surface area contributed by atoms with Crippen LogP contribution < -0.4 is 4.74 Å². The molecule has 0 aliphatic carbocycles. The number of carbonyl (C=O) groups is 1. The molecular formula is C30H38N2O5. The fraction of sp³-hybridized carbons (Fsp3) is 0.467. The lowest BCUT2D eigenvalue weighted by molar-refractivity contribution is -0.0681. The highest BCUT2D eigenvalue weighted by Gasteiger charge is 2.21. The minimum absolute atomic E-state index is 0.243. The van der Waals surface area contributed by atoms with E-state index in [0.717, 1.165) is 43.0 Å². The van der Waals surface area contributed by atoms with Crippen molar-refractivity contribution in [2.45, 2.75) is 64.6 Å². The molecule has 0 radical (unpaired) electrons. The van der Waals surface area contributed by atoms with E-state index in [1.165, 1.54) is 38.6 Å². The van der Waals surface area contributed by atoms with Crippen molar-refractivity contribution in [1.29, 1.82) is 0 Å². The van der Waals surface area contributed by atoms with Crippen LogP contribution in [0.1, 0.15) is 62.7 Å². The van der Waals surface area contributed by atoms with Gasteiger partial charge in [-0.25, -0.2) is 4.79 Å². The van der Waals surface area contributed by atoms with Crippen molar-refractivity contribution in [3.05, 3.63) is 60.2 Å². The Kier molecular flexibility index (Phi) is 9.74. The van der Waals surface area contributed by atoms with Crippen molar-refractivity contribution in [3.63, 3.8) is 0 Å². The molecule has 2 heterocycles. The van der Waals surface area contributed by atoms with Gasteiger partial charge >= 0.3 is 5.97 Å². The molecule has 0 amide bonds. The van der Waals surface area contributed by atoms with Gasteiger partial charge in [-0.1, -0.05) is 43.0 Å². The minimum Gasteiger partial charge on any atom is -0.494 e. The Bertz CT molecular complexity index is 1100. The lowest BCUT2D eigenvalue weighted by Gasteiger charge is -2.35. The van der Waals surface area contributed by atoms with Crippen molar-refractivity contribution >= 4 is 5.97 Å². The number of ether oxygens (including phenoxy) is 2. The number of aromatic carboxylic acids is 1. The first-order valence-corrected chi connectivity index (χ1v) is 13.4. The van der Waals surface area contributed by atoms with Crippen LogP contribution >= 0.6 is 0 Å². The maximum Gasteiger partial charge on any atom is 0.335 e. The number of rotatable bonds is 13. The molecule has 198 valence electrons. The van der Waals surface area contributed by atoms with E-state index < -0.39 is 5.97 Å². The van der Waals surface area contributed by atoms with Crippen LogP contribution in [-0.2, 0) is 4.74 Å². The summed E-state index contributed by atoms with van der Waals surface area (Å²) in [5.74, 6) is 0.553. The SMILES string of the molecule is C[C@@H]1CN(CCCCCCCCOc2ccc(-c3cc(-c4ccc(C(=O)O)cc4)no3)cc2)C[C@H](C)O1. The molecule has 2 aromatic carbocycles. The highest BCUT2D eigenvalue weighted by molar-refractivity contribution is 5.88. The van der Waals surface area contributed by atoms with E-state index in [1.54, 1.807) is 24.3 Å². The summed E-state index contributed by atoms with van der Waals surface area (Å²) in [7, 11) is 0. The quantitative estimate of drug-likeness (QED) is 0.264. The van der Waals surface area contributed by atoms with Crippen LogP contribution in [0, 0.1) is 0 Å². The van der Waals surface area contributed by atoms with Crippen LogP contribution in [0.25, 0.3) is 22.6 Å². The Balaban J connectivity index is 1.11. The summed E-state index contributed by atoms with van der Waals surface area (Å²) in [5, 5.41) is 13.2. The molecule has 1 fully saturated rings. The highest BCUT2D eigenvalue weighted by Crippen LogP contribution is 2.27. The van der Waals surface area contributed by atoms with Crippen LogP contribution in [0.4, 0.5) is 0 Å². The third-order valence-corrected chi connectivity index (χ3v) is 6.71. The topological polar surface area (TPSA) is 85.0 Å². The first-order valence-electron chi connectivity index (χ1n) is 13.4. The summed E-state index contributed by atoms with van der Waals surface area (Å²) in [5.41, 5.74) is 2.63. The van der Waals surface area contributed by atoms with Crippen molar-refractivity contribution in [1.82, 2.24) is 10.1 Å². The molecule has 0 bridgehead atoms. The molecule has 7 heteroatoms. The molecule has 4 rings (SSSR count). The monoisotopic (exact) mass is 506 g/mol. The fourth-order valence-corrected chi connectivity index (χ4v) is 4.85. The second-order valence-electron chi connectivity index (χ2n) is 9.97. The van der Waals surface area contributed by atoms with Gasteiger partial charge in [-0.15, -0.1) is 0 Å². The summed E-state index contributed by atoms with van der Waals surface area (Å²) >= 11 is 0. The zero-order chi connectivity index (χ0) is 26.0. The van der Waals surface area contributed by atoms with Crippen molar-refractivity contribution in [3.8, 4) is 28.3 Å². The predicted molar refractivity (Wildman–Crippen MR) is 144 cm³/mol. The van der Waals surface area contributed by atoms with Crippen molar-refractivity contribution < 1.29 is 23.9 Å². The first kappa shape index (κ1) is 26.9. The molecule has 0 unspecified atom stereocenters. The molecule has 1 N–H and O–H groups in total. The lowest BCUT2D eigenvalue weighted by Crippen LogP contribution is -2.45. The van der Waals surface area contributed by atoms with Crippen LogP contribution in [0.5, 0.6) is 5.75 Å². The molecule has 0 saturated carbocycles. The molecule has 3 aromatic rings. The maximum absolute atomic E-state index is 11.0. The van der Waals surface area contributed by atoms with Gasteiger partial charge in [0.25, 0.3) is 0 Å². The Hall–Kier alpha value is -3.16. The predicted octanol–water partition coefficient (Wildman–Crippen LogP) is 6.54. The summed E-state index contributed by atoms with van der Waals surface area (Å²) in [6.45, 7) is 8.37. The second kappa shape index (κ2) is 13.4. The normalized spacial score (nSPS) is 18.1. The van der Waals surface area contributed by atoms with Crippen LogP contribution in [0.3, 0.4) is 0 Å². The smallest absolute Gasteiger partial charge is 0.335 e. The second-order valence-corrected chi connectivity index (χ2v) is 9.97. The third-order valence-electron chi connectivity index (χ3n) is 6.71.